The molecule has 2 heterocycles. The Morgan fingerprint density at radius 1 is 1.45 bits per heavy atom. The topological polar surface area (TPSA) is 40.5 Å². The summed E-state index contributed by atoms with van der Waals surface area (Å²) in [5.74, 6) is -0.921. The maximum Gasteiger partial charge on any atom is 0.328 e. The first kappa shape index (κ1) is 13.6. The zero-order valence-electron chi connectivity index (χ0n) is 11.0. The quantitative estimate of drug-likeness (QED) is 0.861. The van der Waals surface area contributed by atoms with E-state index in [1.165, 1.54) is 27.3 Å². The molecule has 0 spiro atoms. The van der Waals surface area contributed by atoms with Crippen molar-refractivity contribution in [3.8, 4) is 0 Å². The van der Waals surface area contributed by atoms with Crippen molar-refractivity contribution in [1.29, 1.82) is 0 Å². The van der Waals surface area contributed by atoms with Gasteiger partial charge in [-0.2, -0.15) is 0 Å². The Kier molecular flexibility index (Phi) is 3.54. The molecule has 0 amide bonds. The molecule has 1 N–H and O–H groups in total. The van der Waals surface area contributed by atoms with Crippen molar-refractivity contribution < 1.29 is 9.90 Å². The molecule has 104 valence electrons. The number of aliphatic carboxylic acids is 1. The smallest absolute Gasteiger partial charge is 0.328 e. The number of thiophene rings is 1. The number of benzene rings is 1. The third kappa shape index (κ3) is 2.35. The molecular weight excluding hydrogens is 294 g/mol. The highest BCUT2D eigenvalue weighted by molar-refractivity contribution is 7.20. The molecule has 0 atom stereocenters. The SMILES string of the molecule is CN1CCc2c(Cl)ccc3sc(/C=C/C(=O)O)c(c23)C1. The first-order valence-electron chi connectivity index (χ1n) is 6.38. The predicted octanol–water partition coefficient (Wildman–Crippen LogP) is 3.64. The highest BCUT2D eigenvalue weighted by atomic mass is 35.5. The van der Waals surface area contributed by atoms with Crippen LogP contribution in [0, 0.1) is 0 Å². The van der Waals surface area contributed by atoms with Gasteiger partial charge in [0.05, 0.1) is 0 Å². The molecule has 0 aliphatic carbocycles. The summed E-state index contributed by atoms with van der Waals surface area (Å²) in [6, 6.07) is 3.97. The summed E-state index contributed by atoms with van der Waals surface area (Å²) in [6.45, 7) is 1.78. The molecule has 1 aliphatic heterocycles. The number of rotatable bonds is 2. The number of halogens is 1. The molecule has 5 heteroatoms. The average molecular weight is 308 g/mol. The highest BCUT2D eigenvalue weighted by Crippen LogP contribution is 2.39. The minimum Gasteiger partial charge on any atom is -0.478 e. The normalized spacial score (nSPS) is 15.9. The van der Waals surface area contributed by atoms with Crippen LogP contribution in [0.2, 0.25) is 5.02 Å². The fourth-order valence-electron chi connectivity index (χ4n) is 2.65. The van der Waals surface area contributed by atoms with E-state index >= 15 is 0 Å². The van der Waals surface area contributed by atoms with Crippen LogP contribution >= 0.6 is 22.9 Å². The van der Waals surface area contributed by atoms with Crippen LogP contribution in [0.25, 0.3) is 16.2 Å². The Morgan fingerprint density at radius 3 is 3.00 bits per heavy atom. The van der Waals surface area contributed by atoms with Gasteiger partial charge in [-0.15, -0.1) is 11.3 Å². The van der Waals surface area contributed by atoms with Gasteiger partial charge in [0.1, 0.15) is 0 Å². The number of carbonyl (C=O) groups is 1. The number of hydrogen-bond donors (Lipinski definition) is 1. The van der Waals surface area contributed by atoms with Gasteiger partial charge in [-0.05, 0) is 42.8 Å². The van der Waals surface area contributed by atoms with E-state index in [0.29, 0.717) is 0 Å². The monoisotopic (exact) mass is 307 g/mol. The molecule has 2 aromatic rings. The Morgan fingerprint density at radius 2 is 2.25 bits per heavy atom. The lowest BCUT2D eigenvalue weighted by Gasteiger charge is -2.13. The van der Waals surface area contributed by atoms with Crippen molar-refractivity contribution >= 4 is 45.1 Å². The molecular formula is C15H14ClNO2S. The van der Waals surface area contributed by atoms with E-state index in [4.69, 9.17) is 16.7 Å². The first-order valence-corrected chi connectivity index (χ1v) is 7.58. The van der Waals surface area contributed by atoms with Crippen LogP contribution in [0.4, 0.5) is 0 Å². The number of carboxylic acids is 1. The second-order valence-electron chi connectivity index (χ2n) is 5.00. The fraction of sp³-hybridized carbons (Fsp3) is 0.267. The van der Waals surface area contributed by atoms with Gasteiger partial charge < -0.3 is 10.0 Å². The van der Waals surface area contributed by atoms with Gasteiger partial charge in [0.2, 0.25) is 0 Å². The number of hydrogen-bond acceptors (Lipinski definition) is 3. The third-order valence-corrected chi connectivity index (χ3v) is 5.10. The Labute approximate surface area is 126 Å². The summed E-state index contributed by atoms with van der Waals surface area (Å²) >= 11 is 7.97. The summed E-state index contributed by atoms with van der Waals surface area (Å²) in [5.41, 5.74) is 2.38. The standard InChI is InChI=1S/C15H14ClNO2S/c1-17-7-6-9-11(16)2-3-13-15(9)10(8-17)12(20-13)4-5-14(18)19/h2-5H,6-8H2,1H3,(H,18,19)/b5-4+. The summed E-state index contributed by atoms with van der Waals surface area (Å²) < 4.78 is 1.18. The highest BCUT2D eigenvalue weighted by Gasteiger charge is 2.20. The van der Waals surface area contributed by atoms with E-state index in [1.807, 2.05) is 12.1 Å². The fourth-order valence-corrected chi connectivity index (χ4v) is 4.05. The molecule has 0 radical (unpaired) electrons. The molecule has 3 nitrogen and oxygen atoms in total. The average Bonchev–Trinajstić information content (AvgIpc) is 2.62. The van der Waals surface area contributed by atoms with E-state index in [2.05, 4.69) is 11.9 Å². The molecule has 1 aliphatic rings. The van der Waals surface area contributed by atoms with Crippen LogP contribution in [-0.2, 0) is 17.8 Å². The van der Waals surface area contributed by atoms with E-state index in [-0.39, 0.29) is 0 Å². The van der Waals surface area contributed by atoms with Crippen molar-refractivity contribution in [2.45, 2.75) is 13.0 Å². The summed E-state index contributed by atoms with van der Waals surface area (Å²) in [6.07, 6.45) is 3.82. The number of likely N-dealkylation sites (N-methyl/N-ethyl adjacent to an activating group) is 1. The van der Waals surface area contributed by atoms with Crippen LogP contribution in [0.3, 0.4) is 0 Å². The van der Waals surface area contributed by atoms with E-state index in [9.17, 15) is 4.79 Å². The molecule has 0 unspecified atom stereocenters. The molecule has 0 saturated heterocycles. The summed E-state index contributed by atoms with van der Waals surface area (Å²) in [7, 11) is 2.08. The summed E-state index contributed by atoms with van der Waals surface area (Å²) in [4.78, 5) is 14.0. The van der Waals surface area contributed by atoms with Gasteiger partial charge in [0.25, 0.3) is 0 Å². The minimum absolute atomic E-state index is 0.806. The first-order chi connectivity index (χ1) is 9.56. The zero-order chi connectivity index (χ0) is 14.3. The molecule has 20 heavy (non-hydrogen) atoms. The predicted molar refractivity (Wildman–Crippen MR) is 83.5 cm³/mol. The second-order valence-corrected chi connectivity index (χ2v) is 6.49. The lowest BCUT2D eigenvalue weighted by Crippen LogP contribution is -2.18. The van der Waals surface area contributed by atoms with E-state index < -0.39 is 5.97 Å². The Balaban J connectivity index is 2.25. The van der Waals surface area contributed by atoms with E-state index in [1.54, 1.807) is 17.4 Å². The molecule has 1 aromatic heterocycles. The second kappa shape index (κ2) is 5.20. The largest absolute Gasteiger partial charge is 0.478 e. The van der Waals surface area contributed by atoms with Crippen LogP contribution in [0.15, 0.2) is 18.2 Å². The maximum atomic E-state index is 10.7. The van der Waals surface area contributed by atoms with Gasteiger partial charge in [-0.25, -0.2) is 4.79 Å². The molecule has 0 bridgehead atoms. The Hall–Kier alpha value is -1.36. The molecule has 0 saturated carbocycles. The van der Waals surface area contributed by atoms with Gasteiger partial charge in [0, 0.05) is 39.2 Å². The summed E-state index contributed by atoms with van der Waals surface area (Å²) in [5, 5.41) is 10.8. The van der Waals surface area contributed by atoms with Crippen LogP contribution in [-0.4, -0.2) is 29.6 Å². The number of carboxylic acid groups (broad SMARTS) is 1. The van der Waals surface area contributed by atoms with E-state index in [0.717, 1.165) is 29.4 Å². The zero-order valence-corrected chi connectivity index (χ0v) is 12.6. The van der Waals surface area contributed by atoms with Gasteiger partial charge in [-0.3, -0.25) is 0 Å². The maximum absolute atomic E-state index is 10.7. The van der Waals surface area contributed by atoms with Gasteiger partial charge in [0.15, 0.2) is 0 Å². The van der Waals surface area contributed by atoms with Crippen LogP contribution in [0.1, 0.15) is 16.0 Å². The third-order valence-electron chi connectivity index (χ3n) is 3.59. The number of nitrogens with zero attached hydrogens (tertiary/aromatic N) is 1. The van der Waals surface area contributed by atoms with Gasteiger partial charge in [-0.1, -0.05) is 11.6 Å². The van der Waals surface area contributed by atoms with Crippen molar-refractivity contribution in [2.24, 2.45) is 0 Å². The van der Waals surface area contributed by atoms with Crippen molar-refractivity contribution in [3.63, 3.8) is 0 Å². The van der Waals surface area contributed by atoms with Crippen LogP contribution < -0.4 is 0 Å². The molecule has 0 fully saturated rings. The van der Waals surface area contributed by atoms with Crippen molar-refractivity contribution in [1.82, 2.24) is 4.90 Å². The van der Waals surface area contributed by atoms with Crippen molar-refractivity contribution in [3.05, 3.63) is 39.2 Å². The Bertz CT molecular complexity index is 720. The van der Waals surface area contributed by atoms with Crippen molar-refractivity contribution in [2.75, 3.05) is 13.6 Å². The lowest BCUT2D eigenvalue weighted by atomic mass is 10.0. The van der Waals surface area contributed by atoms with Crippen LogP contribution in [0.5, 0.6) is 0 Å². The lowest BCUT2D eigenvalue weighted by molar-refractivity contribution is -0.131. The van der Waals surface area contributed by atoms with Gasteiger partial charge >= 0.3 is 5.97 Å². The molecule has 1 aromatic carbocycles. The minimum atomic E-state index is -0.921. The molecule has 3 rings (SSSR count).